The molecule has 67 heavy (non-hydrogen) atoms. The zero-order chi connectivity index (χ0) is 45.4. The van der Waals surface area contributed by atoms with Gasteiger partial charge in [0.1, 0.15) is 0 Å². The van der Waals surface area contributed by atoms with Gasteiger partial charge < -0.3 is 49.2 Å². The molecule has 3 N–H and O–H groups in total. The summed E-state index contributed by atoms with van der Waals surface area (Å²) >= 11 is 0. The molecule has 18 atom stereocenters. The van der Waals surface area contributed by atoms with Crippen LogP contribution >= 0.6 is 0 Å². The van der Waals surface area contributed by atoms with Gasteiger partial charge in [-0.1, -0.05) is 49.0 Å². The van der Waals surface area contributed by atoms with Gasteiger partial charge in [0, 0.05) is 19.6 Å². The fraction of sp³-hybridized carbons (Fsp3) is 0.966. The second-order valence-electron chi connectivity index (χ2n) is 25.7. The third kappa shape index (κ3) is 13.6. The number of hydrogen-bond acceptors (Lipinski definition) is 6. The molecule has 8 saturated carbocycles. The van der Waals surface area contributed by atoms with Gasteiger partial charge in [0.15, 0.2) is 0 Å². The molecule has 0 spiro atoms. The Morgan fingerprint density at radius 1 is 0.657 bits per heavy atom. The Morgan fingerprint density at radius 2 is 1.07 bits per heavy atom. The summed E-state index contributed by atoms with van der Waals surface area (Å²) in [5.74, 6) is 11.8. The van der Waals surface area contributed by atoms with Crippen molar-refractivity contribution < 1.29 is 46.6 Å². The molecule has 0 aromatic carbocycles. The maximum atomic E-state index is 11.6. The van der Waals surface area contributed by atoms with E-state index in [9.17, 15) is 20.1 Å². The van der Waals surface area contributed by atoms with Crippen LogP contribution in [0.4, 0.5) is 0 Å². The van der Waals surface area contributed by atoms with Gasteiger partial charge in [-0.2, -0.15) is 0 Å². The molecule has 9 aliphatic rings. The first-order valence-electron chi connectivity index (χ1n) is 27.7. The molecule has 6 nitrogen and oxygen atoms in total. The van der Waals surface area contributed by atoms with Gasteiger partial charge in [0.25, 0.3) is 0 Å². The van der Waals surface area contributed by atoms with Gasteiger partial charge in [-0.15, -0.1) is 0 Å². The number of esters is 1. The number of carbonyl (C=O) groups is 1. The smallest absolute Gasteiger partial charge is 1.00 e. The average molecular weight is 1020 g/mol. The Balaban J connectivity index is 0.000000304. The molecule has 388 valence electrons. The molecule has 1 saturated heterocycles. The number of fused-ring (bicyclic) bond motifs is 10. The van der Waals surface area contributed by atoms with Crippen molar-refractivity contribution in [1.82, 2.24) is 0 Å². The van der Waals surface area contributed by atoms with Crippen LogP contribution < -0.4 is 17.0 Å². The van der Waals surface area contributed by atoms with Crippen molar-refractivity contribution in [3.63, 3.8) is 0 Å². The van der Waals surface area contributed by atoms with E-state index in [0.29, 0.717) is 23.2 Å². The van der Waals surface area contributed by atoms with Gasteiger partial charge >= 0.3 is 29.0 Å². The van der Waals surface area contributed by atoms with E-state index in [4.69, 9.17) is 9.47 Å². The summed E-state index contributed by atoms with van der Waals surface area (Å²) in [5, 5.41) is 32.0. The molecule has 1 aliphatic heterocycles. The number of ether oxygens (including phenoxy) is 2. The van der Waals surface area contributed by atoms with Gasteiger partial charge in [-0.05, 0) is 268 Å². The van der Waals surface area contributed by atoms with E-state index in [1.165, 1.54) is 116 Å². The largest absolute Gasteiger partial charge is 2.00 e. The zero-order valence-corrected chi connectivity index (χ0v) is 47.5. The topological polar surface area (TPSA) is 96.2 Å². The van der Waals surface area contributed by atoms with Crippen LogP contribution in [-0.2, 0) is 14.3 Å². The molecular weight excluding hydrogens is 909 g/mol. The summed E-state index contributed by atoms with van der Waals surface area (Å²) in [6.45, 7) is 20.4. The zero-order valence-electron chi connectivity index (χ0n) is 44.5. The van der Waals surface area contributed by atoms with Crippen molar-refractivity contribution in [1.29, 1.82) is 0 Å². The molecule has 8 heteroatoms. The summed E-state index contributed by atoms with van der Waals surface area (Å²) in [5.41, 5.74) is -0.241. The van der Waals surface area contributed by atoms with Gasteiger partial charge in [0.05, 0.1) is 23.9 Å². The molecular formula is C59H107BrMgO6. The van der Waals surface area contributed by atoms with Crippen LogP contribution in [0.15, 0.2) is 0 Å². The predicted octanol–water partition coefficient (Wildman–Crippen LogP) is 11.1. The van der Waals surface area contributed by atoms with Crippen molar-refractivity contribution in [2.45, 2.75) is 247 Å². The summed E-state index contributed by atoms with van der Waals surface area (Å²) in [7, 11) is 1.50. The minimum atomic E-state index is -0.523. The van der Waals surface area contributed by atoms with Crippen molar-refractivity contribution in [2.75, 3.05) is 20.3 Å². The van der Waals surface area contributed by atoms with Gasteiger partial charge in [-0.3, -0.25) is 4.79 Å². The van der Waals surface area contributed by atoms with E-state index in [2.05, 4.69) is 41.5 Å². The summed E-state index contributed by atoms with van der Waals surface area (Å²) in [4.78, 5) is 11.6. The van der Waals surface area contributed by atoms with E-state index in [-0.39, 0.29) is 72.1 Å². The summed E-state index contributed by atoms with van der Waals surface area (Å²) in [6.07, 6.45) is 31.7. The molecule has 0 bridgehead atoms. The standard InChI is InChI=1S/C27H48O2.C26H44O3.C4H8O.CH4.CH3.BrH.Mg/c1-6-27(29)16-13-20-19(17-27)7-8-22-21(20)12-15-26(5)23(9-10-24(22)26)18(2)11-14-25(3,4)28;1-5-26(28)15-13-19-18(16-26)7-8-21-20(19)12-14-25(3)22(9-10-23(21)25)17(2)6-11-24(27)29-4;1-2-4-5-3-1;;;;/h18-24,28-29H,6-17H2,1-5H3;17-23,28H,5-16H2,1-4H3;1-4H2;1H4;1H3;1H;/q;;;;-1;;+2/p-1/t18-,19+,20+,21-,22-,23-,24+,26-,27+;17-,18+,19+,20-,21-,22-,23+,25-,26+;;;;;/m11...../s1. The fourth-order valence-electron chi connectivity index (χ4n) is 18.5. The number of halogens is 1. The van der Waals surface area contributed by atoms with Crippen molar-refractivity contribution in [3.8, 4) is 0 Å². The second-order valence-corrected chi connectivity index (χ2v) is 25.7. The molecule has 0 amide bonds. The van der Waals surface area contributed by atoms with Crippen LogP contribution in [-0.4, -0.2) is 81.5 Å². The maximum absolute atomic E-state index is 11.6. The molecule has 0 aromatic heterocycles. The SMILES string of the molecule is C.C1CCOC1.CC[C@]1(O)CC[C@H]2[C@@H](CC[C@@H]3[C@@H]2CC[C@]2(C)[C@@H]([C@H](C)CCC(=O)OC)CC[C@@H]32)C1.CC[C@]1(O)CC[C@H]2[C@@H](CC[C@@H]3[C@@H]2CC[C@]2(C)[C@@H]([C@H](C)CCC(C)(C)O)CC[C@@H]32)C1.[Br-].[CH3-].[Mg+2]. The Kier molecular flexibility index (Phi) is 23.7. The first kappa shape index (κ1) is 61.9. The third-order valence-corrected chi connectivity index (χ3v) is 22.1. The van der Waals surface area contributed by atoms with E-state index in [1.54, 1.807) is 0 Å². The van der Waals surface area contributed by atoms with Crippen LogP contribution in [0.5, 0.6) is 0 Å². The average Bonchev–Trinajstić information content (AvgIpc) is 4.04. The Hall–Kier alpha value is 0.556. The van der Waals surface area contributed by atoms with Gasteiger partial charge in [0.2, 0.25) is 0 Å². The minimum Gasteiger partial charge on any atom is -1.00 e. The van der Waals surface area contributed by atoms with E-state index < -0.39 is 5.60 Å². The maximum Gasteiger partial charge on any atom is 2.00 e. The van der Waals surface area contributed by atoms with E-state index in [0.717, 1.165) is 142 Å². The molecule has 9 fully saturated rings. The molecule has 1 heterocycles. The van der Waals surface area contributed by atoms with E-state index >= 15 is 0 Å². The molecule has 0 radical (unpaired) electrons. The minimum absolute atomic E-state index is 0. The monoisotopic (exact) mass is 1010 g/mol. The predicted molar refractivity (Wildman–Crippen MR) is 276 cm³/mol. The van der Waals surface area contributed by atoms with Crippen molar-refractivity contribution in [3.05, 3.63) is 7.43 Å². The number of hydrogen-bond donors (Lipinski definition) is 3. The normalized spacial score (nSPS) is 43.4. The Bertz CT molecular complexity index is 1480. The van der Waals surface area contributed by atoms with Crippen molar-refractivity contribution >= 4 is 29.0 Å². The first-order chi connectivity index (χ1) is 29.9. The van der Waals surface area contributed by atoms with Crippen LogP contribution in [0.1, 0.15) is 230 Å². The molecule has 8 aliphatic carbocycles. The molecule has 0 aromatic rings. The van der Waals surface area contributed by atoms with Gasteiger partial charge in [-0.25, -0.2) is 0 Å². The third-order valence-electron chi connectivity index (χ3n) is 22.1. The Morgan fingerprint density at radius 3 is 1.45 bits per heavy atom. The number of rotatable bonds is 10. The quantitative estimate of drug-likeness (QED) is 0.115. The molecule has 0 unspecified atom stereocenters. The number of aliphatic hydroxyl groups is 3. The van der Waals surface area contributed by atoms with Crippen LogP contribution in [0.2, 0.25) is 0 Å². The number of carbonyl (C=O) groups excluding carboxylic acids is 1. The van der Waals surface area contributed by atoms with Crippen LogP contribution in [0, 0.1) is 101 Å². The first-order valence-corrected chi connectivity index (χ1v) is 27.7. The van der Waals surface area contributed by atoms with Crippen LogP contribution in [0.25, 0.3) is 0 Å². The van der Waals surface area contributed by atoms with Crippen molar-refractivity contribution in [2.24, 2.45) is 93.7 Å². The number of methoxy groups -OCH3 is 1. The summed E-state index contributed by atoms with van der Waals surface area (Å²) in [6, 6.07) is 0. The Labute approximate surface area is 440 Å². The fourth-order valence-corrected chi connectivity index (χ4v) is 18.5. The second kappa shape index (κ2) is 25.7. The summed E-state index contributed by atoms with van der Waals surface area (Å²) < 4.78 is 9.83. The molecule has 9 rings (SSSR count). The van der Waals surface area contributed by atoms with E-state index in [1.807, 2.05) is 13.8 Å². The van der Waals surface area contributed by atoms with Crippen LogP contribution in [0.3, 0.4) is 0 Å².